The lowest BCUT2D eigenvalue weighted by molar-refractivity contribution is 0.0240. The molecule has 1 aromatic carbocycles. The average molecular weight is 275 g/mol. The Bertz CT molecular complexity index is 337. The van der Waals surface area contributed by atoms with E-state index in [4.69, 9.17) is 9.47 Å². The highest BCUT2D eigenvalue weighted by atomic mass is 79.9. The third-order valence-corrected chi connectivity index (χ3v) is 2.85. The number of rotatable bonds is 2. The van der Waals surface area contributed by atoms with E-state index in [1.807, 2.05) is 0 Å². The van der Waals surface area contributed by atoms with Crippen molar-refractivity contribution in [3.8, 4) is 5.75 Å². The van der Waals surface area contributed by atoms with Crippen LogP contribution in [0, 0.1) is 5.82 Å². The molecule has 1 saturated heterocycles. The van der Waals surface area contributed by atoms with Crippen LogP contribution in [0.3, 0.4) is 0 Å². The molecule has 0 bridgehead atoms. The largest absolute Gasteiger partial charge is 0.487 e. The smallest absolute Gasteiger partial charge is 0.165 e. The second-order valence-electron chi connectivity index (χ2n) is 3.50. The van der Waals surface area contributed by atoms with E-state index in [0.29, 0.717) is 19.0 Å². The molecule has 0 N–H and O–H groups in total. The van der Waals surface area contributed by atoms with Crippen LogP contribution in [0.1, 0.15) is 12.8 Å². The van der Waals surface area contributed by atoms with E-state index >= 15 is 0 Å². The van der Waals surface area contributed by atoms with E-state index in [1.165, 1.54) is 6.07 Å². The standard InChI is InChI=1S/C11H12BrFO2/c12-8-1-2-10(13)11(7-8)15-9-3-5-14-6-4-9/h1-2,7,9H,3-6H2. The highest BCUT2D eigenvalue weighted by molar-refractivity contribution is 9.10. The predicted octanol–water partition coefficient (Wildman–Crippen LogP) is 3.15. The summed E-state index contributed by atoms with van der Waals surface area (Å²) in [6, 6.07) is 4.72. The Morgan fingerprint density at radius 2 is 2.07 bits per heavy atom. The Balaban J connectivity index is 2.05. The van der Waals surface area contributed by atoms with E-state index < -0.39 is 0 Å². The molecule has 15 heavy (non-hydrogen) atoms. The van der Waals surface area contributed by atoms with Crippen molar-refractivity contribution in [2.45, 2.75) is 18.9 Å². The highest BCUT2D eigenvalue weighted by Gasteiger charge is 2.17. The number of benzene rings is 1. The maximum absolute atomic E-state index is 13.3. The van der Waals surface area contributed by atoms with Crippen molar-refractivity contribution in [2.24, 2.45) is 0 Å². The maximum Gasteiger partial charge on any atom is 0.165 e. The van der Waals surface area contributed by atoms with Gasteiger partial charge in [-0.2, -0.15) is 0 Å². The minimum absolute atomic E-state index is 0.0718. The van der Waals surface area contributed by atoms with Gasteiger partial charge in [0.2, 0.25) is 0 Å². The Hall–Kier alpha value is -0.610. The SMILES string of the molecule is Fc1ccc(Br)cc1OC1CCOCC1. The first kappa shape index (κ1) is 10.9. The summed E-state index contributed by atoms with van der Waals surface area (Å²) in [6.45, 7) is 1.39. The van der Waals surface area contributed by atoms with Gasteiger partial charge in [0.1, 0.15) is 6.10 Å². The van der Waals surface area contributed by atoms with Crippen molar-refractivity contribution >= 4 is 15.9 Å². The van der Waals surface area contributed by atoms with Gasteiger partial charge in [0.05, 0.1) is 13.2 Å². The lowest BCUT2D eigenvalue weighted by Crippen LogP contribution is -2.26. The Kier molecular flexibility index (Phi) is 3.59. The summed E-state index contributed by atoms with van der Waals surface area (Å²) in [5.41, 5.74) is 0. The van der Waals surface area contributed by atoms with Gasteiger partial charge in [-0.3, -0.25) is 0 Å². The molecule has 82 valence electrons. The Labute approximate surface area is 96.5 Å². The molecule has 0 amide bonds. The van der Waals surface area contributed by atoms with Crippen LogP contribution >= 0.6 is 15.9 Å². The number of ether oxygens (including phenoxy) is 2. The van der Waals surface area contributed by atoms with Crippen LogP contribution in [0.5, 0.6) is 5.75 Å². The molecule has 0 atom stereocenters. The van der Waals surface area contributed by atoms with Crippen molar-refractivity contribution in [2.75, 3.05) is 13.2 Å². The molecule has 0 radical (unpaired) electrons. The Morgan fingerprint density at radius 1 is 1.33 bits per heavy atom. The van der Waals surface area contributed by atoms with Crippen molar-refractivity contribution in [3.05, 3.63) is 28.5 Å². The van der Waals surface area contributed by atoms with Crippen molar-refractivity contribution in [1.82, 2.24) is 0 Å². The van der Waals surface area contributed by atoms with E-state index in [0.717, 1.165) is 17.3 Å². The van der Waals surface area contributed by atoms with E-state index in [-0.39, 0.29) is 11.9 Å². The van der Waals surface area contributed by atoms with Gasteiger partial charge in [-0.05, 0) is 18.2 Å². The molecule has 2 nitrogen and oxygen atoms in total. The molecule has 0 saturated carbocycles. The van der Waals surface area contributed by atoms with E-state index in [9.17, 15) is 4.39 Å². The van der Waals surface area contributed by atoms with Crippen LogP contribution in [0.4, 0.5) is 4.39 Å². The molecule has 1 heterocycles. The molecular formula is C11H12BrFO2. The first-order valence-corrected chi connectivity index (χ1v) is 5.74. The van der Waals surface area contributed by atoms with Crippen molar-refractivity contribution in [3.63, 3.8) is 0 Å². The fourth-order valence-electron chi connectivity index (χ4n) is 1.54. The Morgan fingerprint density at radius 3 is 2.80 bits per heavy atom. The minimum Gasteiger partial charge on any atom is -0.487 e. The molecule has 0 aliphatic carbocycles. The monoisotopic (exact) mass is 274 g/mol. The highest BCUT2D eigenvalue weighted by Crippen LogP contribution is 2.25. The zero-order valence-electron chi connectivity index (χ0n) is 8.21. The molecule has 2 rings (SSSR count). The number of hydrogen-bond donors (Lipinski definition) is 0. The van der Waals surface area contributed by atoms with Crippen LogP contribution in [-0.4, -0.2) is 19.3 Å². The lowest BCUT2D eigenvalue weighted by Gasteiger charge is -2.23. The summed E-state index contributed by atoms with van der Waals surface area (Å²) in [5, 5.41) is 0. The molecule has 0 spiro atoms. The fraction of sp³-hybridized carbons (Fsp3) is 0.455. The summed E-state index contributed by atoms with van der Waals surface area (Å²) < 4.78 is 25.0. The first-order chi connectivity index (χ1) is 7.25. The van der Waals surface area contributed by atoms with Crippen molar-refractivity contribution < 1.29 is 13.9 Å². The van der Waals surface area contributed by atoms with Gasteiger partial charge < -0.3 is 9.47 Å². The van der Waals surface area contributed by atoms with Crippen LogP contribution in [0.25, 0.3) is 0 Å². The van der Waals surface area contributed by atoms with Gasteiger partial charge >= 0.3 is 0 Å². The predicted molar refractivity (Wildman–Crippen MR) is 58.6 cm³/mol. The topological polar surface area (TPSA) is 18.5 Å². The summed E-state index contributed by atoms with van der Waals surface area (Å²) in [5.74, 6) is 0.000895. The van der Waals surface area contributed by atoms with Gasteiger partial charge in [-0.25, -0.2) is 4.39 Å². The second-order valence-corrected chi connectivity index (χ2v) is 4.42. The molecule has 4 heteroatoms. The fourth-order valence-corrected chi connectivity index (χ4v) is 1.88. The third kappa shape index (κ3) is 2.92. The number of halogens is 2. The maximum atomic E-state index is 13.3. The summed E-state index contributed by atoms with van der Waals surface area (Å²) in [6.07, 6.45) is 1.72. The molecular weight excluding hydrogens is 263 g/mol. The molecule has 1 aromatic rings. The van der Waals surface area contributed by atoms with Crippen molar-refractivity contribution in [1.29, 1.82) is 0 Å². The zero-order chi connectivity index (χ0) is 10.7. The van der Waals surface area contributed by atoms with Crippen LogP contribution in [0.15, 0.2) is 22.7 Å². The molecule has 0 aromatic heterocycles. The lowest BCUT2D eigenvalue weighted by atomic mass is 10.1. The normalized spacial score (nSPS) is 17.7. The minimum atomic E-state index is -0.315. The van der Waals surface area contributed by atoms with Gasteiger partial charge in [-0.15, -0.1) is 0 Å². The molecule has 1 aliphatic heterocycles. The van der Waals surface area contributed by atoms with Crippen LogP contribution in [-0.2, 0) is 4.74 Å². The van der Waals surface area contributed by atoms with Crippen LogP contribution < -0.4 is 4.74 Å². The van der Waals surface area contributed by atoms with Gasteiger partial charge in [0, 0.05) is 17.3 Å². The summed E-state index contributed by atoms with van der Waals surface area (Å²) in [4.78, 5) is 0. The summed E-state index contributed by atoms with van der Waals surface area (Å²) >= 11 is 3.29. The second kappa shape index (κ2) is 4.94. The van der Waals surface area contributed by atoms with E-state index in [1.54, 1.807) is 12.1 Å². The quantitative estimate of drug-likeness (QED) is 0.825. The third-order valence-electron chi connectivity index (χ3n) is 2.36. The van der Waals surface area contributed by atoms with Gasteiger partial charge in [0.25, 0.3) is 0 Å². The molecule has 1 aliphatic rings. The molecule has 1 fully saturated rings. The van der Waals surface area contributed by atoms with Gasteiger partial charge in [-0.1, -0.05) is 15.9 Å². The zero-order valence-corrected chi connectivity index (χ0v) is 9.80. The van der Waals surface area contributed by atoms with Crippen LogP contribution in [0.2, 0.25) is 0 Å². The molecule has 0 unspecified atom stereocenters. The average Bonchev–Trinajstić information content (AvgIpc) is 2.25. The summed E-state index contributed by atoms with van der Waals surface area (Å²) in [7, 11) is 0. The number of hydrogen-bond acceptors (Lipinski definition) is 2. The van der Waals surface area contributed by atoms with E-state index in [2.05, 4.69) is 15.9 Å². The van der Waals surface area contributed by atoms with Gasteiger partial charge in [0.15, 0.2) is 11.6 Å². The first-order valence-electron chi connectivity index (χ1n) is 4.95.